The van der Waals surface area contributed by atoms with E-state index < -0.39 is 0 Å². The lowest BCUT2D eigenvalue weighted by atomic mass is 10.1. The number of carbonyl (C=O) groups excluding carboxylic acids is 1. The summed E-state index contributed by atoms with van der Waals surface area (Å²) in [5.41, 5.74) is 0. The lowest BCUT2D eigenvalue weighted by Crippen LogP contribution is -2.28. The molecule has 0 aromatic carbocycles. The fourth-order valence-electron chi connectivity index (χ4n) is 1.16. The SMILES string of the molecule is COC(=O)N1CCC(C#N)C1. The topological polar surface area (TPSA) is 53.3 Å². The molecular weight excluding hydrogens is 144 g/mol. The van der Waals surface area contributed by atoms with Crippen molar-refractivity contribution in [2.75, 3.05) is 20.2 Å². The number of rotatable bonds is 0. The number of likely N-dealkylation sites (tertiary alicyclic amines) is 1. The highest BCUT2D eigenvalue weighted by Gasteiger charge is 2.26. The lowest BCUT2D eigenvalue weighted by molar-refractivity contribution is 0.132. The highest BCUT2D eigenvalue weighted by Crippen LogP contribution is 2.15. The number of carbonyl (C=O) groups is 1. The Hall–Kier alpha value is -1.24. The van der Waals surface area contributed by atoms with Gasteiger partial charge in [0.2, 0.25) is 0 Å². The van der Waals surface area contributed by atoms with Gasteiger partial charge < -0.3 is 9.64 Å². The number of ether oxygens (including phenoxy) is 1. The van der Waals surface area contributed by atoms with Crippen LogP contribution in [-0.2, 0) is 4.74 Å². The molecule has 0 aliphatic carbocycles. The molecule has 1 amide bonds. The van der Waals surface area contributed by atoms with Gasteiger partial charge in [0.1, 0.15) is 0 Å². The maximum absolute atomic E-state index is 10.9. The third-order valence-corrected chi connectivity index (χ3v) is 1.80. The van der Waals surface area contributed by atoms with Gasteiger partial charge in [-0.15, -0.1) is 0 Å². The van der Waals surface area contributed by atoms with Gasteiger partial charge in [0.05, 0.1) is 19.1 Å². The highest BCUT2D eigenvalue weighted by atomic mass is 16.5. The molecule has 0 bridgehead atoms. The van der Waals surface area contributed by atoms with E-state index in [9.17, 15) is 4.79 Å². The van der Waals surface area contributed by atoms with Crippen molar-refractivity contribution < 1.29 is 9.53 Å². The van der Waals surface area contributed by atoms with Crippen LogP contribution in [0.2, 0.25) is 0 Å². The van der Waals surface area contributed by atoms with E-state index >= 15 is 0 Å². The molecule has 0 aromatic heterocycles. The van der Waals surface area contributed by atoms with Crippen LogP contribution in [0.5, 0.6) is 0 Å². The molecule has 60 valence electrons. The van der Waals surface area contributed by atoms with E-state index in [4.69, 9.17) is 5.26 Å². The molecule has 4 heteroatoms. The van der Waals surface area contributed by atoms with Crippen molar-refractivity contribution in [1.82, 2.24) is 4.90 Å². The van der Waals surface area contributed by atoms with Crippen LogP contribution in [0.25, 0.3) is 0 Å². The maximum atomic E-state index is 10.9. The fourth-order valence-corrected chi connectivity index (χ4v) is 1.16. The van der Waals surface area contributed by atoms with E-state index in [0.29, 0.717) is 13.1 Å². The summed E-state index contributed by atoms with van der Waals surface area (Å²) in [6.45, 7) is 1.16. The van der Waals surface area contributed by atoms with Crippen LogP contribution in [0.3, 0.4) is 0 Å². The van der Waals surface area contributed by atoms with Crippen molar-refractivity contribution in [3.05, 3.63) is 0 Å². The number of amides is 1. The molecule has 11 heavy (non-hydrogen) atoms. The van der Waals surface area contributed by atoms with Crippen molar-refractivity contribution in [1.29, 1.82) is 5.26 Å². The Bertz CT molecular complexity index is 197. The Morgan fingerprint density at radius 3 is 3.00 bits per heavy atom. The summed E-state index contributed by atoms with van der Waals surface area (Å²) < 4.78 is 4.50. The van der Waals surface area contributed by atoms with E-state index in [-0.39, 0.29) is 12.0 Å². The van der Waals surface area contributed by atoms with Crippen LogP contribution >= 0.6 is 0 Å². The van der Waals surface area contributed by atoms with Gasteiger partial charge in [0.15, 0.2) is 0 Å². The largest absolute Gasteiger partial charge is 0.453 e. The molecule has 0 N–H and O–H groups in total. The van der Waals surface area contributed by atoms with E-state index in [1.54, 1.807) is 4.90 Å². The van der Waals surface area contributed by atoms with Gasteiger partial charge in [-0.2, -0.15) is 5.26 Å². The van der Waals surface area contributed by atoms with Crippen molar-refractivity contribution in [2.45, 2.75) is 6.42 Å². The first-order valence-corrected chi connectivity index (χ1v) is 3.50. The average molecular weight is 154 g/mol. The summed E-state index contributed by atoms with van der Waals surface area (Å²) in [6, 6.07) is 2.12. The first-order valence-electron chi connectivity index (χ1n) is 3.50. The third kappa shape index (κ3) is 1.61. The zero-order chi connectivity index (χ0) is 8.27. The number of hydrogen-bond acceptors (Lipinski definition) is 3. The van der Waals surface area contributed by atoms with Gasteiger partial charge in [-0.3, -0.25) is 0 Å². The van der Waals surface area contributed by atoms with Gasteiger partial charge in [-0.1, -0.05) is 0 Å². The molecule has 1 saturated heterocycles. The second-order valence-corrected chi connectivity index (χ2v) is 2.53. The summed E-state index contributed by atoms with van der Waals surface area (Å²) in [5, 5.41) is 8.51. The van der Waals surface area contributed by atoms with Gasteiger partial charge in [0, 0.05) is 13.1 Å². The zero-order valence-electron chi connectivity index (χ0n) is 6.41. The molecule has 1 rings (SSSR count). The smallest absolute Gasteiger partial charge is 0.409 e. The molecule has 1 aliphatic rings. The normalized spacial score (nSPS) is 22.9. The van der Waals surface area contributed by atoms with Crippen LogP contribution in [0.4, 0.5) is 4.79 Å². The van der Waals surface area contributed by atoms with E-state index in [0.717, 1.165) is 6.42 Å². The van der Waals surface area contributed by atoms with Crippen LogP contribution in [0.1, 0.15) is 6.42 Å². The minimum absolute atomic E-state index is 0.00546. The monoisotopic (exact) mass is 154 g/mol. The Morgan fingerprint density at radius 2 is 2.55 bits per heavy atom. The predicted molar refractivity (Wildman–Crippen MR) is 37.7 cm³/mol. The summed E-state index contributed by atoms with van der Waals surface area (Å²) in [4.78, 5) is 12.4. The molecule has 1 heterocycles. The fraction of sp³-hybridized carbons (Fsp3) is 0.714. The molecule has 1 aliphatic heterocycles. The van der Waals surface area contributed by atoms with Crippen LogP contribution in [-0.4, -0.2) is 31.2 Å². The van der Waals surface area contributed by atoms with Crippen LogP contribution in [0.15, 0.2) is 0 Å². The third-order valence-electron chi connectivity index (χ3n) is 1.80. The van der Waals surface area contributed by atoms with Crippen LogP contribution in [0, 0.1) is 17.2 Å². The molecule has 1 unspecified atom stereocenters. The molecule has 0 spiro atoms. The molecule has 0 radical (unpaired) electrons. The minimum atomic E-state index is -0.331. The first-order chi connectivity index (χ1) is 5.27. The zero-order valence-corrected chi connectivity index (χ0v) is 6.41. The van der Waals surface area contributed by atoms with Crippen molar-refractivity contribution in [3.63, 3.8) is 0 Å². The Labute approximate surface area is 65.4 Å². The molecular formula is C7H10N2O2. The van der Waals surface area contributed by atoms with E-state index in [1.165, 1.54) is 7.11 Å². The predicted octanol–water partition coefficient (Wildman–Crippen LogP) is 0.598. The lowest BCUT2D eigenvalue weighted by Gasteiger charge is -2.12. The van der Waals surface area contributed by atoms with Gasteiger partial charge in [0.25, 0.3) is 0 Å². The summed E-state index contributed by atoms with van der Waals surface area (Å²) >= 11 is 0. The Morgan fingerprint density at radius 1 is 1.82 bits per heavy atom. The molecule has 0 aromatic rings. The Kier molecular flexibility index (Phi) is 2.32. The molecule has 4 nitrogen and oxygen atoms in total. The quantitative estimate of drug-likeness (QED) is 0.513. The molecule has 0 saturated carbocycles. The van der Waals surface area contributed by atoms with E-state index in [2.05, 4.69) is 10.8 Å². The number of nitrogens with zero attached hydrogens (tertiary/aromatic N) is 2. The molecule has 1 atom stereocenters. The first kappa shape index (κ1) is 7.86. The van der Waals surface area contributed by atoms with Gasteiger partial charge in [-0.05, 0) is 6.42 Å². The van der Waals surface area contributed by atoms with E-state index in [1.807, 2.05) is 0 Å². The minimum Gasteiger partial charge on any atom is -0.453 e. The van der Waals surface area contributed by atoms with Crippen molar-refractivity contribution in [3.8, 4) is 6.07 Å². The maximum Gasteiger partial charge on any atom is 0.409 e. The number of methoxy groups -OCH3 is 1. The Balaban J connectivity index is 2.43. The standard InChI is InChI=1S/C7H10N2O2/c1-11-7(10)9-3-2-6(4-8)5-9/h6H,2-3,5H2,1H3. The van der Waals surface area contributed by atoms with Gasteiger partial charge in [-0.25, -0.2) is 4.79 Å². The summed E-state index contributed by atoms with van der Waals surface area (Å²) in [7, 11) is 1.35. The highest BCUT2D eigenvalue weighted by molar-refractivity contribution is 5.67. The number of hydrogen-bond donors (Lipinski definition) is 0. The van der Waals surface area contributed by atoms with Gasteiger partial charge >= 0.3 is 6.09 Å². The second kappa shape index (κ2) is 3.24. The van der Waals surface area contributed by atoms with Crippen LogP contribution < -0.4 is 0 Å². The molecule has 1 fully saturated rings. The summed E-state index contributed by atoms with van der Waals surface area (Å²) in [6.07, 6.45) is 0.439. The average Bonchev–Trinajstić information content (AvgIpc) is 2.50. The van der Waals surface area contributed by atoms with Crippen molar-refractivity contribution in [2.24, 2.45) is 5.92 Å². The van der Waals surface area contributed by atoms with Crippen molar-refractivity contribution >= 4 is 6.09 Å². The summed E-state index contributed by atoms with van der Waals surface area (Å²) in [5.74, 6) is -0.00546. The second-order valence-electron chi connectivity index (χ2n) is 2.53. The number of nitriles is 1.